The fraction of sp³-hybridized carbons (Fsp3) is 0.0714. The average molecular weight is 294 g/mol. The Morgan fingerprint density at radius 1 is 1.25 bits per heavy atom. The van der Waals surface area contributed by atoms with Gasteiger partial charge in [0.1, 0.15) is 5.82 Å². The van der Waals surface area contributed by atoms with Crippen molar-refractivity contribution in [2.75, 3.05) is 23.0 Å². The summed E-state index contributed by atoms with van der Waals surface area (Å²) >= 11 is 5.89. The number of nitrogens with two attached hydrogens (primary N) is 1. The van der Waals surface area contributed by atoms with Gasteiger partial charge in [-0.15, -0.1) is 0 Å². The Labute approximate surface area is 120 Å². The fourth-order valence-electron chi connectivity index (χ4n) is 1.66. The SMILES string of the molecule is CN(C(=O)Nc1ccc(F)cc1)c1cc(Cl)ccc1N. The molecule has 2 rings (SSSR count). The smallest absolute Gasteiger partial charge is 0.326 e. The van der Waals surface area contributed by atoms with Gasteiger partial charge < -0.3 is 11.1 Å². The summed E-state index contributed by atoms with van der Waals surface area (Å²) in [6.45, 7) is 0. The maximum absolute atomic E-state index is 12.8. The van der Waals surface area contributed by atoms with Gasteiger partial charge in [-0.2, -0.15) is 0 Å². The maximum Gasteiger partial charge on any atom is 0.326 e. The Bertz CT molecular complexity index is 631. The number of hydrogen-bond acceptors (Lipinski definition) is 2. The van der Waals surface area contributed by atoms with Crippen LogP contribution in [0, 0.1) is 5.82 Å². The van der Waals surface area contributed by atoms with E-state index in [9.17, 15) is 9.18 Å². The largest absolute Gasteiger partial charge is 0.397 e. The third-order valence-corrected chi connectivity index (χ3v) is 2.99. The molecule has 2 aromatic carbocycles. The second kappa shape index (κ2) is 5.79. The van der Waals surface area contributed by atoms with Gasteiger partial charge in [-0.25, -0.2) is 9.18 Å². The Hall–Kier alpha value is -2.27. The molecule has 3 N–H and O–H groups in total. The normalized spacial score (nSPS) is 10.2. The lowest BCUT2D eigenvalue weighted by Crippen LogP contribution is -2.31. The van der Waals surface area contributed by atoms with Gasteiger partial charge in [0.2, 0.25) is 0 Å². The highest BCUT2D eigenvalue weighted by molar-refractivity contribution is 6.31. The zero-order valence-electron chi connectivity index (χ0n) is 10.7. The van der Waals surface area contributed by atoms with Crippen molar-refractivity contribution in [1.29, 1.82) is 0 Å². The van der Waals surface area contributed by atoms with E-state index in [1.54, 1.807) is 25.2 Å². The van der Waals surface area contributed by atoms with Crippen LogP contribution in [0.4, 0.5) is 26.2 Å². The number of benzene rings is 2. The molecular formula is C14H13ClFN3O. The second-order valence-corrected chi connectivity index (χ2v) is 4.64. The van der Waals surface area contributed by atoms with E-state index in [4.69, 9.17) is 17.3 Å². The first kappa shape index (κ1) is 14.1. The van der Waals surface area contributed by atoms with Crippen molar-refractivity contribution in [1.82, 2.24) is 0 Å². The van der Waals surface area contributed by atoms with Gasteiger partial charge in [-0.3, -0.25) is 4.90 Å². The summed E-state index contributed by atoms with van der Waals surface area (Å²) in [5.41, 5.74) is 7.23. The van der Waals surface area contributed by atoms with E-state index in [0.717, 1.165) is 0 Å². The number of rotatable bonds is 2. The Balaban J connectivity index is 2.16. The highest BCUT2D eigenvalue weighted by Crippen LogP contribution is 2.26. The lowest BCUT2D eigenvalue weighted by atomic mass is 10.2. The molecule has 20 heavy (non-hydrogen) atoms. The molecular weight excluding hydrogens is 281 g/mol. The van der Waals surface area contributed by atoms with Crippen LogP contribution < -0.4 is 16.0 Å². The molecule has 2 amide bonds. The van der Waals surface area contributed by atoms with E-state index >= 15 is 0 Å². The third-order valence-electron chi connectivity index (χ3n) is 2.75. The van der Waals surface area contributed by atoms with Crippen LogP contribution in [-0.2, 0) is 0 Å². The summed E-state index contributed by atoms with van der Waals surface area (Å²) in [6.07, 6.45) is 0. The number of urea groups is 1. The standard InChI is InChI=1S/C14H13ClFN3O/c1-19(13-8-9(15)2-7-12(13)17)14(20)18-11-5-3-10(16)4-6-11/h2-8H,17H2,1H3,(H,18,20). The van der Waals surface area contributed by atoms with E-state index in [1.807, 2.05) is 0 Å². The topological polar surface area (TPSA) is 58.4 Å². The van der Waals surface area contributed by atoms with Gasteiger partial charge in [0.05, 0.1) is 11.4 Å². The quantitative estimate of drug-likeness (QED) is 0.829. The van der Waals surface area contributed by atoms with Crippen LogP contribution in [0.5, 0.6) is 0 Å². The average Bonchev–Trinajstić information content (AvgIpc) is 2.43. The van der Waals surface area contributed by atoms with E-state index in [-0.39, 0.29) is 5.82 Å². The molecule has 0 fully saturated rings. The number of halogens is 2. The molecule has 0 unspecified atom stereocenters. The monoisotopic (exact) mass is 293 g/mol. The molecule has 0 aliphatic carbocycles. The van der Waals surface area contributed by atoms with Crippen molar-refractivity contribution < 1.29 is 9.18 Å². The zero-order valence-corrected chi connectivity index (χ0v) is 11.5. The molecule has 0 spiro atoms. The molecule has 2 aromatic rings. The van der Waals surface area contributed by atoms with Crippen molar-refractivity contribution in [2.24, 2.45) is 0 Å². The molecule has 0 atom stereocenters. The van der Waals surface area contributed by atoms with Gasteiger partial charge in [-0.1, -0.05) is 11.6 Å². The molecule has 104 valence electrons. The molecule has 0 bridgehead atoms. The number of carbonyl (C=O) groups is 1. The van der Waals surface area contributed by atoms with E-state index in [1.165, 1.54) is 29.2 Å². The van der Waals surface area contributed by atoms with Crippen LogP contribution in [0.25, 0.3) is 0 Å². The van der Waals surface area contributed by atoms with Gasteiger partial charge in [-0.05, 0) is 42.5 Å². The van der Waals surface area contributed by atoms with Crippen LogP contribution in [0.1, 0.15) is 0 Å². The number of carbonyl (C=O) groups excluding carboxylic acids is 1. The van der Waals surface area contributed by atoms with Crippen LogP contribution in [0.3, 0.4) is 0 Å². The Morgan fingerprint density at radius 2 is 1.90 bits per heavy atom. The molecule has 6 heteroatoms. The van der Waals surface area contributed by atoms with E-state index in [2.05, 4.69) is 5.32 Å². The molecule has 0 heterocycles. The van der Waals surface area contributed by atoms with Crippen LogP contribution in [-0.4, -0.2) is 13.1 Å². The highest BCUT2D eigenvalue weighted by Gasteiger charge is 2.14. The first-order valence-corrected chi connectivity index (χ1v) is 6.20. The fourth-order valence-corrected chi connectivity index (χ4v) is 1.82. The van der Waals surface area contributed by atoms with E-state index < -0.39 is 6.03 Å². The minimum Gasteiger partial charge on any atom is -0.397 e. The number of nitrogen functional groups attached to an aromatic ring is 1. The Kier molecular flexibility index (Phi) is 4.10. The number of amides is 2. The minimum atomic E-state index is -0.398. The zero-order chi connectivity index (χ0) is 14.7. The number of nitrogens with one attached hydrogen (secondary N) is 1. The summed E-state index contributed by atoms with van der Waals surface area (Å²) < 4.78 is 12.8. The van der Waals surface area contributed by atoms with Gasteiger partial charge in [0.25, 0.3) is 0 Å². The molecule has 0 aliphatic rings. The molecule has 4 nitrogen and oxygen atoms in total. The lowest BCUT2D eigenvalue weighted by Gasteiger charge is -2.20. The summed E-state index contributed by atoms with van der Waals surface area (Å²) in [5.74, 6) is -0.365. The number of anilines is 3. The first-order valence-electron chi connectivity index (χ1n) is 5.82. The number of hydrogen-bond donors (Lipinski definition) is 2. The van der Waals surface area contributed by atoms with Gasteiger partial charge in [0.15, 0.2) is 0 Å². The lowest BCUT2D eigenvalue weighted by molar-refractivity contribution is 0.258. The summed E-state index contributed by atoms with van der Waals surface area (Å²) in [7, 11) is 1.57. The number of nitrogens with zero attached hydrogens (tertiary/aromatic N) is 1. The van der Waals surface area contributed by atoms with Gasteiger partial charge in [0, 0.05) is 17.8 Å². The first-order chi connectivity index (χ1) is 9.47. The minimum absolute atomic E-state index is 0.365. The van der Waals surface area contributed by atoms with Gasteiger partial charge >= 0.3 is 6.03 Å². The predicted octanol–water partition coefficient (Wildman–Crippen LogP) is 3.73. The Morgan fingerprint density at radius 3 is 2.55 bits per heavy atom. The maximum atomic E-state index is 12.8. The highest BCUT2D eigenvalue weighted by atomic mass is 35.5. The third kappa shape index (κ3) is 3.19. The molecule has 0 radical (unpaired) electrons. The molecule has 0 saturated carbocycles. The van der Waals surface area contributed by atoms with Crippen molar-refractivity contribution in [3.8, 4) is 0 Å². The summed E-state index contributed by atoms with van der Waals surface area (Å²) in [5, 5.41) is 3.12. The van der Waals surface area contributed by atoms with Crippen molar-refractivity contribution in [3.63, 3.8) is 0 Å². The van der Waals surface area contributed by atoms with Crippen LogP contribution >= 0.6 is 11.6 Å². The van der Waals surface area contributed by atoms with Crippen LogP contribution in [0.15, 0.2) is 42.5 Å². The summed E-state index contributed by atoms with van der Waals surface area (Å²) in [4.78, 5) is 13.4. The summed E-state index contributed by atoms with van der Waals surface area (Å²) in [6, 6.07) is 9.95. The van der Waals surface area contributed by atoms with Crippen molar-refractivity contribution in [2.45, 2.75) is 0 Å². The second-order valence-electron chi connectivity index (χ2n) is 4.20. The van der Waals surface area contributed by atoms with E-state index in [0.29, 0.717) is 22.1 Å². The van der Waals surface area contributed by atoms with Crippen molar-refractivity contribution in [3.05, 3.63) is 53.3 Å². The predicted molar refractivity (Wildman–Crippen MR) is 79.7 cm³/mol. The molecule has 0 aromatic heterocycles. The van der Waals surface area contributed by atoms with Crippen molar-refractivity contribution >= 4 is 34.7 Å². The van der Waals surface area contributed by atoms with Crippen LogP contribution in [0.2, 0.25) is 5.02 Å². The molecule has 0 aliphatic heterocycles. The molecule has 0 saturated heterocycles.